The largest absolute Gasteiger partial charge is 0.433 e. The summed E-state index contributed by atoms with van der Waals surface area (Å²) in [7, 11) is 0. The maximum absolute atomic E-state index is 13.1. The number of allylic oxidation sites excluding steroid dienone is 1. The molecule has 0 saturated carbocycles. The second-order valence-corrected chi connectivity index (χ2v) is 5.82. The van der Waals surface area contributed by atoms with Gasteiger partial charge in [0.05, 0.1) is 16.9 Å². The second-order valence-electron chi connectivity index (χ2n) is 5.41. The second kappa shape index (κ2) is 5.38. The van der Waals surface area contributed by atoms with Gasteiger partial charge in [-0.15, -0.1) is 5.10 Å². The van der Waals surface area contributed by atoms with Crippen LogP contribution in [0.2, 0.25) is 5.02 Å². The van der Waals surface area contributed by atoms with Crippen molar-refractivity contribution in [2.24, 2.45) is 15.2 Å². The fraction of sp³-hybridized carbons (Fsp3) is 0.125. The first-order chi connectivity index (χ1) is 11.9. The molecule has 1 atom stereocenters. The molecule has 0 spiro atoms. The summed E-state index contributed by atoms with van der Waals surface area (Å²) in [6.45, 7) is 0. The van der Waals surface area contributed by atoms with Gasteiger partial charge in [0.2, 0.25) is 0 Å². The molecule has 3 aliphatic rings. The molecule has 4 rings (SSSR count). The van der Waals surface area contributed by atoms with E-state index in [1.54, 1.807) is 24.3 Å². The Morgan fingerprint density at radius 1 is 1.16 bits per heavy atom. The highest BCUT2D eigenvalue weighted by Crippen LogP contribution is 2.37. The van der Waals surface area contributed by atoms with Crippen molar-refractivity contribution >= 4 is 40.8 Å². The number of hydrogen-bond acceptors (Lipinski definition) is 4. The van der Waals surface area contributed by atoms with Crippen LogP contribution in [0.15, 0.2) is 62.8 Å². The van der Waals surface area contributed by atoms with Crippen LogP contribution in [0.5, 0.6) is 0 Å². The van der Waals surface area contributed by atoms with Crippen molar-refractivity contribution in [1.29, 1.82) is 0 Å². The van der Waals surface area contributed by atoms with Gasteiger partial charge >= 0.3 is 6.18 Å². The lowest BCUT2D eigenvalue weighted by molar-refractivity contribution is -0.113. The van der Waals surface area contributed by atoms with Crippen molar-refractivity contribution in [3.8, 4) is 0 Å². The first-order valence-electron chi connectivity index (χ1n) is 7.14. The van der Waals surface area contributed by atoms with E-state index in [1.807, 2.05) is 0 Å². The highest BCUT2D eigenvalue weighted by atomic mass is 35.5. The van der Waals surface area contributed by atoms with E-state index in [2.05, 4.69) is 15.2 Å². The lowest BCUT2D eigenvalue weighted by Gasteiger charge is -2.36. The van der Waals surface area contributed by atoms with Gasteiger partial charge in [0, 0.05) is 11.1 Å². The molecule has 1 amide bonds. The predicted molar refractivity (Wildman–Crippen MR) is 88.3 cm³/mol. The standard InChI is InChI=1S/C16H8ClF3N4O/c17-10-3-1-2-4-11(10)24-14-8(5-6-12(22-14)16(18,19)20)9-7-21-23-13(9)15(24)25/h1-7,14H. The van der Waals surface area contributed by atoms with E-state index in [0.29, 0.717) is 11.1 Å². The SMILES string of the molecule is O=C1C2=NN=CC2=C2C=CC(C(F)(F)F)=NC2N1c1ccccc1Cl. The average molecular weight is 365 g/mol. The molecule has 0 aromatic heterocycles. The van der Waals surface area contributed by atoms with Gasteiger partial charge in [-0.1, -0.05) is 29.8 Å². The molecule has 0 N–H and O–H groups in total. The van der Waals surface area contributed by atoms with Crippen molar-refractivity contribution in [2.75, 3.05) is 4.90 Å². The van der Waals surface area contributed by atoms with E-state index in [1.165, 1.54) is 12.3 Å². The van der Waals surface area contributed by atoms with Crippen LogP contribution < -0.4 is 4.90 Å². The maximum atomic E-state index is 13.1. The summed E-state index contributed by atoms with van der Waals surface area (Å²) < 4.78 is 39.3. The van der Waals surface area contributed by atoms with Gasteiger partial charge in [-0.25, -0.2) is 0 Å². The van der Waals surface area contributed by atoms with Crippen LogP contribution in [-0.2, 0) is 4.79 Å². The Morgan fingerprint density at radius 2 is 1.92 bits per heavy atom. The predicted octanol–water partition coefficient (Wildman–Crippen LogP) is 3.32. The molecule has 126 valence electrons. The van der Waals surface area contributed by atoms with Crippen LogP contribution in [0.25, 0.3) is 0 Å². The number of dihydropyridines is 1. The molecule has 25 heavy (non-hydrogen) atoms. The van der Waals surface area contributed by atoms with E-state index < -0.39 is 24.0 Å². The number of aliphatic imine (C=N–C) groups is 1. The Balaban J connectivity index is 1.93. The Kier molecular flexibility index (Phi) is 3.40. The van der Waals surface area contributed by atoms with E-state index in [4.69, 9.17) is 11.6 Å². The molecule has 3 heterocycles. The Bertz CT molecular complexity index is 943. The summed E-state index contributed by atoms with van der Waals surface area (Å²) in [5.74, 6) is -0.602. The van der Waals surface area contributed by atoms with Crippen LogP contribution in [0.4, 0.5) is 18.9 Å². The number of nitrogens with zero attached hydrogens (tertiary/aromatic N) is 4. The van der Waals surface area contributed by atoms with Gasteiger partial charge in [0.1, 0.15) is 5.71 Å². The van der Waals surface area contributed by atoms with Crippen LogP contribution in [0.1, 0.15) is 0 Å². The van der Waals surface area contributed by atoms with Crippen molar-refractivity contribution in [3.05, 3.63) is 52.6 Å². The fourth-order valence-electron chi connectivity index (χ4n) is 2.83. The molecule has 0 aliphatic carbocycles. The molecule has 0 radical (unpaired) electrons. The third-order valence-electron chi connectivity index (χ3n) is 3.94. The van der Waals surface area contributed by atoms with Gasteiger partial charge < -0.3 is 0 Å². The maximum Gasteiger partial charge on any atom is 0.433 e. The van der Waals surface area contributed by atoms with Gasteiger partial charge in [0.15, 0.2) is 11.9 Å². The van der Waals surface area contributed by atoms with Gasteiger partial charge in [-0.2, -0.15) is 18.3 Å². The molecular formula is C16H8ClF3N4O. The minimum absolute atomic E-state index is 0.0569. The Hall–Kier alpha value is -2.74. The molecule has 0 saturated heterocycles. The number of alkyl halides is 3. The fourth-order valence-corrected chi connectivity index (χ4v) is 3.06. The number of anilines is 1. The molecule has 3 aliphatic heterocycles. The van der Waals surface area contributed by atoms with Crippen molar-refractivity contribution < 1.29 is 18.0 Å². The quantitative estimate of drug-likeness (QED) is 0.754. The first kappa shape index (κ1) is 15.8. The smallest absolute Gasteiger partial charge is 0.278 e. The van der Waals surface area contributed by atoms with Crippen LogP contribution in [-0.4, -0.2) is 35.9 Å². The lowest BCUT2D eigenvalue weighted by Crippen LogP contribution is -2.50. The number of amides is 1. The van der Waals surface area contributed by atoms with Crippen molar-refractivity contribution in [3.63, 3.8) is 0 Å². The molecular weight excluding hydrogens is 357 g/mol. The topological polar surface area (TPSA) is 57.4 Å². The average Bonchev–Trinajstić information content (AvgIpc) is 3.05. The summed E-state index contributed by atoms with van der Waals surface area (Å²) in [6.07, 6.45) is -2.30. The lowest BCUT2D eigenvalue weighted by atomic mass is 9.93. The zero-order valence-corrected chi connectivity index (χ0v) is 13.1. The minimum atomic E-state index is -4.62. The zero-order valence-electron chi connectivity index (χ0n) is 12.3. The monoisotopic (exact) mass is 364 g/mol. The molecule has 1 aromatic rings. The normalized spacial score (nSPS) is 22.0. The minimum Gasteiger partial charge on any atom is -0.278 e. The Labute approximate surface area is 144 Å². The van der Waals surface area contributed by atoms with E-state index in [0.717, 1.165) is 11.0 Å². The zero-order chi connectivity index (χ0) is 17.8. The molecule has 5 nitrogen and oxygen atoms in total. The van der Waals surface area contributed by atoms with Crippen molar-refractivity contribution in [1.82, 2.24) is 0 Å². The van der Waals surface area contributed by atoms with Gasteiger partial charge in [0.25, 0.3) is 5.91 Å². The molecule has 9 heteroatoms. The molecule has 0 fully saturated rings. The third-order valence-corrected chi connectivity index (χ3v) is 4.26. The molecule has 0 bridgehead atoms. The third kappa shape index (κ3) is 2.41. The number of fused-ring (bicyclic) bond motifs is 2. The van der Waals surface area contributed by atoms with Gasteiger partial charge in [-0.05, 0) is 18.2 Å². The number of benzene rings is 1. The highest BCUT2D eigenvalue weighted by molar-refractivity contribution is 6.56. The van der Waals surface area contributed by atoms with Crippen LogP contribution in [0, 0.1) is 0 Å². The van der Waals surface area contributed by atoms with Crippen LogP contribution in [0.3, 0.4) is 0 Å². The summed E-state index contributed by atoms with van der Waals surface area (Å²) in [5, 5.41) is 7.72. The number of para-hydroxylation sites is 1. The highest BCUT2D eigenvalue weighted by Gasteiger charge is 2.44. The van der Waals surface area contributed by atoms with Gasteiger partial charge in [-0.3, -0.25) is 14.7 Å². The summed E-state index contributed by atoms with van der Waals surface area (Å²) in [4.78, 5) is 17.7. The van der Waals surface area contributed by atoms with E-state index in [-0.39, 0.29) is 16.4 Å². The van der Waals surface area contributed by atoms with E-state index in [9.17, 15) is 18.0 Å². The number of carbonyl (C=O) groups is 1. The Morgan fingerprint density at radius 3 is 2.64 bits per heavy atom. The van der Waals surface area contributed by atoms with Crippen molar-refractivity contribution in [2.45, 2.75) is 12.3 Å². The summed E-state index contributed by atoms with van der Waals surface area (Å²) >= 11 is 6.15. The number of rotatable bonds is 1. The van der Waals surface area contributed by atoms with E-state index >= 15 is 0 Å². The first-order valence-corrected chi connectivity index (χ1v) is 7.52. The van der Waals surface area contributed by atoms with Crippen LogP contribution >= 0.6 is 11.6 Å². The number of halogens is 4. The number of hydrogen-bond donors (Lipinski definition) is 0. The summed E-state index contributed by atoms with van der Waals surface area (Å²) in [6, 6.07) is 6.38. The molecule has 1 aromatic carbocycles. The summed E-state index contributed by atoms with van der Waals surface area (Å²) in [5.41, 5.74) is 0.0291. The number of carbonyl (C=O) groups excluding carboxylic acids is 1. The molecule has 1 unspecified atom stereocenters.